The van der Waals surface area contributed by atoms with Gasteiger partial charge in [-0.1, -0.05) is 13.8 Å². The van der Waals surface area contributed by atoms with Gasteiger partial charge < -0.3 is 9.72 Å². The Balaban J connectivity index is 1.42. The third-order valence-corrected chi connectivity index (χ3v) is 7.30. The number of nitrogens with one attached hydrogen (secondary N) is 1. The number of H-pyrrole nitrogens is 1. The lowest BCUT2D eigenvalue weighted by atomic mass is 9.95. The number of hydrogen-bond donors (Lipinski definition) is 1. The molecule has 1 amide bonds. The van der Waals surface area contributed by atoms with Crippen LogP contribution in [0, 0.1) is 13.8 Å². The topological polar surface area (TPSA) is 91.7 Å². The smallest absolute Gasteiger partial charge is 0.242 e. The molecule has 176 valence electrons. The van der Waals surface area contributed by atoms with Crippen LogP contribution in [-0.4, -0.2) is 74.3 Å². The zero-order valence-corrected chi connectivity index (χ0v) is 20.0. The van der Waals surface area contributed by atoms with Crippen LogP contribution in [0.2, 0.25) is 0 Å². The van der Waals surface area contributed by atoms with Gasteiger partial charge in [-0.3, -0.25) is 14.6 Å². The number of rotatable bonds is 4. The summed E-state index contributed by atoms with van der Waals surface area (Å²) in [7, 11) is 0. The molecule has 2 aliphatic rings. The van der Waals surface area contributed by atoms with Gasteiger partial charge in [0, 0.05) is 30.4 Å². The van der Waals surface area contributed by atoms with Gasteiger partial charge in [0.15, 0.2) is 5.65 Å². The lowest BCUT2D eigenvalue weighted by Gasteiger charge is -2.41. The monoisotopic (exact) mass is 459 g/mol. The summed E-state index contributed by atoms with van der Waals surface area (Å²) in [5, 5.41) is 4.37. The lowest BCUT2D eigenvalue weighted by molar-refractivity contribution is -0.127. The van der Waals surface area contributed by atoms with Crippen molar-refractivity contribution in [2.45, 2.75) is 39.7 Å². The second-order valence-corrected chi connectivity index (χ2v) is 9.66. The Bertz CT molecular complexity index is 1420. The van der Waals surface area contributed by atoms with E-state index in [0.717, 1.165) is 58.8 Å². The van der Waals surface area contributed by atoms with Gasteiger partial charge in [-0.25, -0.2) is 14.5 Å². The van der Waals surface area contributed by atoms with E-state index in [4.69, 9.17) is 9.72 Å². The predicted octanol–water partition coefficient (Wildman–Crippen LogP) is 3.06. The van der Waals surface area contributed by atoms with E-state index < -0.39 is 0 Å². The summed E-state index contributed by atoms with van der Waals surface area (Å²) in [5.41, 5.74) is 8.32. The van der Waals surface area contributed by atoms with Crippen LogP contribution in [0.4, 0.5) is 5.82 Å². The fraction of sp³-hybridized carbons (Fsp3) is 0.440. The average molecular weight is 460 g/mol. The van der Waals surface area contributed by atoms with Crippen molar-refractivity contribution in [2.24, 2.45) is 0 Å². The number of fused-ring (bicyclic) bond motifs is 2. The largest absolute Gasteiger partial charge is 0.378 e. The van der Waals surface area contributed by atoms with E-state index in [1.807, 2.05) is 27.7 Å². The van der Waals surface area contributed by atoms with E-state index >= 15 is 0 Å². The fourth-order valence-electron chi connectivity index (χ4n) is 5.13. The number of carbonyl (C=O) groups is 1. The maximum absolute atomic E-state index is 13.0. The molecule has 0 spiro atoms. The van der Waals surface area contributed by atoms with Crippen LogP contribution < -0.4 is 4.90 Å². The maximum atomic E-state index is 13.0. The summed E-state index contributed by atoms with van der Waals surface area (Å²) >= 11 is 0. The van der Waals surface area contributed by atoms with Crippen LogP contribution in [0.1, 0.15) is 36.5 Å². The van der Waals surface area contributed by atoms with Gasteiger partial charge >= 0.3 is 0 Å². The fourth-order valence-corrected chi connectivity index (χ4v) is 5.13. The molecule has 0 saturated carbocycles. The number of piperazine rings is 1. The van der Waals surface area contributed by atoms with E-state index in [2.05, 4.69) is 47.7 Å². The van der Waals surface area contributed by atoms with Crippen LogP contribution in [-0.2, 0) is 9.53 Å². The van der Waals surface area contributed by atoms with Crippen molar-refractivity contribution in [1.29, 1.82) is 0 Å². The molecule has 34 heavy (non-hydrogen) atoms. The Morgan fingerprint density at radius 1 is 1.15 bits per heavy atom. The lowest BCUT2D eigenvalue weighted by Crippen LogP contribution is -2.58. The first kappa shape index (κ1) is 21.2. The number of pyridine rings is 2. The van der Waals surface area contributed by atoms with E-state index in [1.165, 1.54) is 5.56 Å². The third-order valence-electron chi connectivity index (χ3n) is 7.30. The first-order valence-electron chi connectivity index (χ1n) is 11.9. The molecule has 0 aromatic carbocycles. The van der Waals surface area contributed by atoms with E-state index in [-0.39, 0.29) is 11.8 Å². The van der Waals surface area contributed by atoms with E-state index in [1.54, 1.807) is 6.33 Å². The molecule has 4 aromatic rings. The number of carbonyl (C=O) groups excluding carboxylic acids is 1. The minimum atomic E-state index is 0.0926. The number of nitrogens with zero attached hydrogens (tertiary/aromatic N) is 6. The zero-order chi connectivity index (χ0) is 23.6. The normalized spacial score (nSPS) is 17.9. The molecule has 9 nitrogen and oxygen atoms in total. The van der Waals surface area contributed by atoms with Gasteiger partial charge in [0.25, 0.3) is 0 Å². The Morgan fingerprint density at radius 2 is 1.97 bits per heavy atom. The summed E-state index contributed by atoms with van der Waals surface area (Å²) < 4.78 is 7.13. The molecule has 2 aliphatic heterocycles. The van der Waals surface area contributed by atoms with Gasteiger partial charge in [0.1, 0.15) is 12.1 Å². The number of aromatic nitrogens is 5. The molecule has 1 N–H and O–H groups in total. The Kier molecular flexibility index (Phi) is 4.93. The minimum Gasteiger partial charge on any atom is -0.378 e. The van der Waals surface area contributed by atoms with Gasteiger partial charge in [-0.15, -0.1) is 0 Å². The maximum Gasteiger partial charge on any atom is 0.242 e. The van der Waals surface area contributed by atoms with Crippen molar-refractivity contribution in [3.63, 3.8) is 0 Å². The first-order chi connectivity index (χ1) is 16.4. The van der Waals surface area contributed by atoms with Gasteiger partial charge in [0.2, 0.25) is 5.91 Å². The number of anilines is 1. The molecule has 6 heterocycles. The second kappa shape index (κ2) is 7.89. The standard InChI is InChI=1S/C25H29N7O2/c1-14(2)22-23(18-9-32-25(26-13-27-32)16(4)15(18)3)28-19-5-6-20(29-24(19)22)31-8-7-30(10-21(31)33)17-11-34-12-17/h5-6,9,13-14,17,28H,7-8,10-12H2,1-4H3. The van der Waals surface area contributed by atoms with Crippen molar-refractivity contribution in [2.75, 3.05) is 37.7 Å². The summed E-state index contributed by atoms with van der Waals surface area (Å²) in [6.07, 6.45) is 3.62. The van der Waals surface area contributed by atoms with E-state index in [9.17, 15) is 4.79 Å². The highest BCUT2D eigenvalue weighted by Gasteiger charge is 2.33. The molecular formula is C25H29N7O2. The highest BCUT2D eigenvalue weighted by molar-refractivity contribution is 5.97. The van der Waals surface area contributed by atoms with Crippen molar-refractivity contribution in [3.8, 4) is 11.3 Å². The number of amides is 1. The Labute approximate surface area is 197 Å². The van der Waals surface area contributed by atoms with Crippen molar-refractivity contribution in [1.82, 2.24) is 29.5 Å². The zero-order valence-electron chi connectivity index (χ0n) is 20.0. The number of hydrogen-bond acceptors (Lipinski definition) is 6. The molecular weight excluding hydrogens is 430 g/mol. The van der Waals surface area contributed by atoms with Crippen LogP contribution in [0.25, 0.3) is 27.9 Å². The number of ether oxygens (including phenoxy) is 1. The third kappa shape index (κ3) is 3.22. The van der Waals surface area contributed by atoms with Gasteiger partial charge in [-0.05, 0) is 43.0 Å². The average Bonchev–Trinajstić information content (AvgIpc) is 3.39. The highest BCUT2D eigenvalue weighted by Crippen LogP contribution is 2.38. The molecule has 0 atom stereocenters. The Hall–Kier alpha value is -3.30. The van der Waals surface area contributed by atoms with Crippen LogP contribution >= 0.6 is 0 Å². The summed E-state index contributed by atoms with van der Waals surface area (Å²) in [6, 6.07) is 4.36. The molecule has 0 bridgehead atoms. The molecule has 4 aromatic heterocycles. The van der Waals surface area contributed by atoms with Crippen molar-refractivity contribution in [3.05, 3.63) is 41.3 Å². The van der Waals surface area contributed by atoms with E-state index in [0.29, 0.717) is 24.9 Å². The molecule has 6 rings (SSSR count). The summed E-state index contributed by atoms with van der Waals surface area (Å²) in [4.78, 5) is 30.1. The molecule has 0 unspecified atom stereocenters. The molecule has 2 saturated heterocycles. The summed E-state index contributed by atoms with van der Waals surface area (Å²) in [6.45, 7) is 11.9. The highest BCUT2D eigenvalue weighted by atomic mass is 16.5. The Morgan fingerprint density at radius 3 is 2.68 bits per heavy atom. The first-order valence-corrected chi connectivity index (χ1v) is 11.9. The van der Waals surface area contributed by atoms with Crippen LogP contribution in [0.5, 0.6) is 0 Å². The second-order valence-electron chi connectivity index (χ2n) is 9.66. The molecule has 2 fully saturated rings. The quantitative estimate of drug-likeness (QED) is 0.504. The van der Waals surface area contributed by atoms with Crippen LogP contribution in [0.3, 0.4) is 0 Å². The minimum absolute atomic E-state index is 0.0926. The SMILES string of the molecule is Cc1c(-c2[nH]c3ccc(N4CCN(C5COC5)CC4=O)nc3c2C(C)C)cn2ncnc2c1C. The van der Waals surface area contributed by atoms with Crippen molar-refractivity contribution >= 4 is 28.4 Å². The van der Waals surface area contributed by atoms with Crippen LogP contribution in [0.15, 0.2) is 24.7 Å². The van der Waals surface area contributed by atoms with Gasteiger partial charge in [0.05, 0.1) is 42.5 Å². The molecule has 0 radical (unpaired) electrons. The van der Waals surface area contributed by atoms with Gasteiger partial charge in [-0.2, -0.15) is 5.10 Å². The molecule has 9 heteroatoms. The molecule has 0 aliphatic carbocycles. The number of aryl methyl sites for hydroxylation is 1. The summed E-state index contributed by atoms with van der Waals surface area (Å²) in [5.74, 6) is 1.05. The van der Waals surface area contributed by atoms with Crippen molar-refractivity contribution < 1.29 is 9.53 Å². The predicted molar refractivity (Wildman–Crippen MR) is 130 cm³/mol. The number of aromatic amines is 1.